The highest BCUT2D eigenvalue weighted by molar-refractivity contribution is 5.77. The predicted molar refractivity (Wildman–Crippen MR) is 84.8 cm³/mol. The number of nitrogens with one attached hydrogen (secondary N) is 1. The summed E-state index contributed by atoms with van der Waals surface area (Å²) >= 11 is 0. The van der Waals surface area contributed by atoms with E-state index >= 15 is 0 Å². The highest BCUT2D eigenvalue weighted by Crippen LogP contribution is 2.09. The second-order valence-electron chi connectivity index (χ2n) is 5.32. The van der Waals surface area contributed by atoms with Crippen LogP contribution in [0.5, 0.6) is 0 Å². The molecule has 5 nitrogen and oxygen atoms in total. The second kappa shape index (κ2) is 6.05. The van der Waals surface area contributed by atoms with E-state index in [1.807, 2.05) is 34.9 Å². The summed E-state index contributed by atoms with van der Waals surface area (Å²) in [5, 5.41) is 9.07. The van der Waals surface area contributed by atoms with Gasteiger partial charge in [-0.3, -0.25) is 14.8 Å². The molecule has 0 spiro atoms. The summed E-state index contributed by atoms with van der Waals surface area (Å²) in [6, 6.07) is 11.1. The van der Waals surface area contributed by atoms with E-state index in [9.17, 15) is 4.79 Å². The van der Waals surface area contributed by atoms with Crippen LogP contribution in [0, 0.1) is 5.41 Å². The quantitative estimate of drug-likeness (QED) is 0.787. The summed E-state index contributed by atoms with van der Waals surface area (Å²) in [5.74, 6) is 0.674. The van der Waals surface area contributed by atoms with E-state index in [-0.39, 0.29) is 17.7 Å². The lowest BCUT2D eigenvalue weighted by molar-refractivity contribution is 0.468. The molecule has 5 heteroatoms. The van der Waals surface area contributed by atoms with E-state index in [0.29, 0.717) is 11.1 Å². The third kappa shape index (κ3) is 2.50. The van der Waals surface area contributed by atoms with Crippen molar-refractivity contribution < 1.29 is 4.42 Å². The molecule has 2 heterocycles. The van der Waals surface area contributed by atoms with Crippen LogP contribution in [0.15, 0.2) is 51.9 Å². The number of unbranched alkanes of at least 4 members (excludes halogenated alkanes) is 1. The van der Waals surface area contributed by atoms with Crippen molar-refractivity contribution in [2.75, 3.05) is 0 Å². The van der Waals surface area contributed by atoms with Gasteiger partial charge in [0.25, 0.3) is 5.56 Å². The second-order valence-corrected chi connectivity index (χ2v) is 5.32. The number of aryl methyl sites for hydroxylation is 1. The fraction of sp³-hybridized carbons (Fsp3) is 0.294. The van der Waals surface area contributed by atoms with Crippen LogP contribution in [0.2, 0.25) is 0 Å². The van der Waals surface area contributed by atoms with E-state index < -0.39 is 0 Å². The first-order valence-corrected chi connectivity index (χ1v) is 7.51. The summed E-state index contributed by atoms with van der Waals surface area (Å²) in [6.45, 7) is 3.13. The molecule has 0 fully saturated rings. The lowest BCUT2D eigenvalue weighted by Crippen LogP contribution is -2.40. The molecule has 0 saturated carbocycles. The summed E-state index contributed by atoms with van der Waals surface area (Å²) in [4.78, 5) is 12.7. The monoisotopic (exact) mass is 297 g/mol. The Bertz CT molecular complexity index is 888. The zero-order chi connectivity index (χ0) is 15.5. The molecule has 0 amide bonds. The number of para-hydroxylation sites is 1. The van der Waals surface area contributed by atoms with Crippen LogP contribution in [0.4, 0.5) is 0 Å². The summed E-state index contributed by atoms with van der Waals surface area (Å²) < 4.78 is 8.70. The zero-order valence-electron chi connectivity index (χ0n) is 12.6. The van der Waals surface area contributed by atoms with Gasteiger partial charge in [0, 0.05) is 6.54 Å². The molecule has 22 heavy (non-hydrogen) atoms. The molecule has 0 aliphatic rings. The molecule has 114 valence electrons. The van der Waals surface area contributed by atoms with Gasteiger partial charge in [0.05, 0.1) is 23.7 Å². The largest absolute Gasteiger partial charge is 0.467 e. The van der Waals surface area contributed by atoms with E-state index in [0.717, 1.165) is 24.9 Å². The molecule has 0 unspecified atom stereocenters. The highest BCUT2D eigenvalue weighted by Gasteiger charge is 2.11. The van der Waals surface area contributed by atoms with Crippen molar-refractivity contribution in [1.29, 1.82) is 5.41 Å². The molecular weight excluding hydrogens is 278 g/mol. The van der Waals surface area contributed by atoms with Crippen LogP contribution in [0.25, 0.3) is 10.9 Å². The Kier molecular flexibility index (Phi) is 3.96. The zero-order valence-corrected chi connectivity index (χ0v) is 12.6. The van der Waals surface area contributed by atoms with Crippen LogP contribution in [0.3, 0.4) is 0 Å². The molecule has 0 aliphatic carbocycles. The van der Waals surface area contributed by atoms with Gasteiger partial charge in [0.2, 0.25) is 5.62 Å². The average Bonchev–Trinajstić information content (AvgIpc) is 3.05. The first-order valence-electron chi connectivity index (χ1n) is 7.51. The van der Waals surface area contributed by atoms with Crippen LogP contribution in [-0.4, -0.2) is 9.13 Å². The molecule has 0 radical (unpaired) electrons. The van der Waals surface area contributed by atoms with Gasteiger partial charge >= 0.3 is 0 Å². The van der Waals surface area contributed by atoms with Crippen LogP contribution >= 0.6 is 0 Å². The normalized spacial score (nSPS) is 11.1. The Hall–Kier alpha value is -2.56. The maximum absolute atomic E-state index is 12.7. The Morgan fingerprint density at radius 1 is 1.14 bits per heavy atom. The van der Waals surface area contributed by atoms with Gasteiger partial charge in [-0.1, -0.05) is 25.5 Å². The summed E-state index contributed by atoms with van der Waals surface area (Å²) in [6.07, 6.45) is 3.59. The minimum Gasteiger partial charge on any atom is -0.467 e. The minimum absolute atomic E-state index is 0.148. The molecule has 3 rings (SSSR count). The van der Waals surface area contributed by atoms with Crippen LogP contribution in [0.1, 0.15) is 25.5 Å². The Balaban J connectivity index is 2.23. The number of hydrogen-bond acceptors (Lipinski definition) is 3. The molecule has 0 bridgehead atoms. The number of benzene rings is 1. The molecule has 0 aliphatic heterocycles. The molecular formula is C17H19N3O2. The Labute approximate surface area is 127 Å². The van der Waals surface area contributed by atoms with Gasteiger partial charge < -0.3 is 8.98 Å². The lowest BCUT2D eigenvalue weighted by atomic mass is 10.2. The Morgan fingerprint density at radius 2 is 1.95 bits per heavy atom. The van der Waals surface area contributed by atoms with Gasteiger partial charge in [0.1, 0.15) is 5.76 Å². The molecule has 2 aromatic heterocycles. The molecule has 0 atom stereocenters. The number of furan rings is 1. The number of nitrogens with zero attached hydrogens (tertiary/aromatic N) is 2. The Morgan fingerprint density at radius 3 is 2.68 bits per heavy atom. The van der Waals surface area contributed by atoms with Crippen molar-refractivity contribution in [1.82, 2.24) is 9.13 Å². The van der Waals surface area contributed by atoms with Crippen LogP contribution < -0.4 is 11.2 Å². The lowest BCUT2D eigenvalue weighted by Gasteiger charge is -2.15. The van der Waals surface area contributed by atoms with E-state index in [4.69, 9.17) is 9.83 Å². The fourth-order valence-corrected chi connectivity index (χ4v) is 2.64. The summed E-state index contributed by atoms with van der Waals surface area (Å²) in [5.41, 5.74) is 0.889. The van der Waals surface area contributed by atoms with Crippen molar-refractivity contribution in [3.63, 3.8) is 0 Å². The van der Waals surface area contributed by atoms with E-state index in [2.05, 4.69) is 6.92 Å². The van der Waals surface area contributed by atoms with Crippen molar-refractivity contribution >= 4 is 10.9 Å². The molecule has 3 aromatic rings. The third-order valence-electron chi connectivity index (χ3n) is 3.81. The summed E-state index contributed by atoms with van der Waals surface area (Å²) in [7, 11) is 0. The number of aromatic nitrogens is 2. The third-order valence-corrected chi connectivity index (χ3v) is 3.81. The number of rotatable bonds is 5. The van der Waals surface area contributed by atoms with Crippen molar-refractivity contribution in [2.45, 2.75) is 32.9 Å². The van der Waals surface area contributed by atoms with Crippen LogP contribution in [-0.2, 0) is 13.1 Å². The van der Waals surface area contributed by atoms with Gasteiger partial charge in [0.15, 0.2) is 0 Å². The van der Waals surface area contributed by atoms with Gasteiger partial charge in [-0.2, -0.15) is 0 Å². The standard InChI is InChI=1S/C17H19N3O2/c1-2-3-10-19-15-9-5-4-8-14(15)16(21)20(17(19)18)12-13-7-6-11-22-13/h4-9,11,18H,2-3,10,12H2,1H3. The number of hydrogen-bond donors (Lipinski definition) is 1. The van der Waals surface area contributed by atoms with E-state index in [1.165, 1.54) is 4.57 Å². The highest BCUT2D eigenvalue weighted by atomic mass is 16.3. The molecule has 1 aromatic carbocycles. The van der Waals surface area contributed by atoms with Gasteiger partial charge in [-0.25, -0.2) is 0 Å². The first kappa shape index (κ1) is 14.4. The topological polar surface area (TPSA) is 63.9 Å². The predicted octanol–water partition coefficient (Wildman–Crippen LogP) is 2.72. The smallest absolute Gasteiger partial charge is 0.263 e. The fourth-order valence-electron chi connectivity index (χ4n) is 2.64. The SMILES string of the molecule is CCCCn1c(=N)n(Cc2ccco2)c(=O)c2ccccc21. The average molecular weight is 297 g/mol. The van der Waals surface area contributed by atoms with Crippen molar-refractivity contribution in [3.8, 4) is 0 Å². The first-order chi connectivity index (χ1) is 10.7. The van der Waals surface area contributed by atoms with Crippen molar-refractivity contribution in [3.05, 3.63) is 64.4 Å². The maximum atomic E-state index is 12.7. The maximum Gasteiger partial charge on any atom is 0.263 e. The number of fused-ring (bicyclic) bond motifs is 1. The minimum atomic E-state index is -0.148. The van der Waals surface area contributed by atoms with Gasteiger partial charge in [-0.15, -0.1) is 0 Å². The van der Waals surface area contributed by atoms with Gasteiger partial charge in [-0.05, 0) is 30.7 Å². The molecule has 0 saturated heterocycles. The van der Waals surface area contributed by atoms with Crippen molar-refractivity contribution in [2.24, 2.45) is 0 Å². The molecule has 1 N–H and O–H groups in total. The van der Waals surface area contributed by atoms with E-state index in [1.54, 1.807) is 12.3 Å².